The molecule has 3 aliphatic carbocycles. The largest absolute Gasteiger partial charge is 0.459 e. The quantitative estimate of drug-likeness (QED) is 0.337. The molecule has 5 rings (SSSR count). The van der Waals surface area contributed by atoms with Crippen LogP contribution in [0.3, 0.4) is 0 Å². The van der Waals surface area contributed by atoms with Crippen LogP contribution in [-0.4, -0.2) is 81.4 Å². The number of rotatable bonds is 4. The van der Waals surface area contributed by atoms with Crippen LogP contribution in [0, 0.1) is 34.5 Å². The lowest BCUT2D eigenvalue weighted by atomic mass is 9.38. The van der Waals surface area contributed by atoms with Crippen molar-refractivity contribution in [1.82, 2.24) is 0 Å². The van der Waals surface area contributed by atoms with Crippen LogP contribution in [0.4, 0.5) is 0 Å². The zero-order valence-corrected chi connectivity index (χ0v) is 22.4. The smallest absolute Gasteiger partial charge is 0.351 e. The number of aliphatic hydroxyl groups excluding tert-OH is 2. The van der Waals surface area contributed by atoms with Gasteiger partial charge in [-0.25, -0.2) is 9.59 Å². The molecule has 2 unspecified atom stereocenters. The molecule has 0 aromatic carbocycles. The predicted octanol–water partition coefficient (Wildman–Crippen LogP) is 0.420. The number of hydrogen-bond donors (Lipinski definition) is 3. The molecule has 11 heteroatoms. The van der Waals surface area contributed by atoms with E-state index in [4.69, 9.17) is 18.9 Å². The molecule has 5 aliphatic rings. The summed E-state index contributed by atoms with van der Waals surface area (Å²) in [5.74, 6) is -8.29. The summed E-state index contributed by atoms with van der Waals surface area (Å²) in [6.45, 7) is 9.12. The molecule has 210 valence electrons. The zero-order valence-electron chi connectivity index (χ0n) is 22.4. The Labute approximate surface area is 220 Å². The van der Waals surface area contributed by atoms with Crippen molar-refractivity contribution in [3.8, 4) is 0 Å². The number of aliphatic hydroxyl groups is 3. The molecule has 3 N–H and O–H groups in total. The van der Waals surface area contributed by atoms with E-state index in [1.54, 1.807) is 27.7 Å². The van der Waals surface area contributed by atoms with Crippen molar-refractivity contribution in [2.75, 3.05) is 6.61 Å². The fourth-order valence-corrected chi connectivity index (χ4v) is 8.55. The van der Waals surface area contributed by atoms with E-state index in [-0.39, 0.29) is 19.4 Å². The van der Waals surface area contributed by atoms with Gasteiger partial charge < -0.3 is 34.3 Å². The minimum Gasteiger partial charge on any atom is -0.459 e. The molecule has 2 aliphatic heterocycles. The van der Waals surface area contributed by atoms with Gasteiger partial charge in [-0.15, -0.1) is 0 Å². The minimum atomic E-state index is -2.14. The molecular weight excluding hydrogens is 500 g/mol. The van der Waals surface area contributed by atoms with Crippen molar-refractivity contribution in [3.05, 3.63) is 11.6 Å². The molecule has 1 spiro atoms. The Morgan fingerprint density at radius 1 is 1.26 bits per heavy atom. The van der Waals surface area contributed by atoms with Crippen molar-refractivity contribution in [2.24, 2.45) is 34.5 Å². The van der Waals surface area contributed by atoms with Crippen molar-refractivity contribution >= 4 is 23.7 Å². The normalized spacial score (nSPS) is 48.6. The SMILES string of the molecule is CCC(C)(OC(C)=O)C(=O)O[C@H]1C(=O)O[C@@H]2C[C@H]3C(C)=CC(=O)[C@@H](O)[C@]3(C)[C@H]3C4(O)OC[C@]32[C@@H]1[C@@H](C)[C@H]4O. The van der Waals surface area contributed by atoms with Crippen molar-refractivity contribution in [2.45, 2.75) is 90.2 Å². The van der Waals surface area contributed by atoms with Gasteiger partial charge in [-0.1, -0.05) is 26.3 Å². The van der Waals surface area contributed by atoms with Gasteiger partial charge in [-0.2, -0.15) is 0 Å². The predicted molar refractivity (Wildman–Crippen MR) is 127 cm³/mol. The standard InChI is InChI=1S/C27H36O11/c1-7-24(5,38-13(4)28)23(33)37-18-17-12(3)19(30)27(34)22-25(6)14(11(2)8-15(29)20(25)31)9-16(36-21(18)32)26(17,22)10-35-27/h8,12,14,16-20,22,30-31,34H,7,9-10H2,1-6H3/t12-,14+,16-,17-,18-,19-,20-,22-,24?,25-,26+,27?/m1/s1. The molecule has 38 heavy (non-hydrogen) atoms. The summed E-state index contributed by atoms with van der Waals surface area (Å²) in [5, 5.41) is 34.6. The summed E-state index contributed by atoms with van der Waals surface area (Å²) in [5.41, 5.74) is -3.44. The van der Waals surface area contributed by atoms with Crippen LogP contribution in [-0.2, 0) is 38.1 Å². The van der Waals surface area contributed by atoms with Gasteiger partial charge in [0.15, 0.2) is 11.6 Å². The summed E-state index contributed by atoms with van der Waals surface area (Å²) in [4.78, 5) is 51.3. The van der Waals surface area contributed by atoms with E-state index in [1.807, 2.05) is 0 Å². The first-order valence-corrected chi connectivity index (χ1v) is 13.1. The van der Waals surface area contributed by atoms with Crippen molar-refractivity contribution in [3.63, 3.8) is 0 Å². The Bertz CT molecular complexity index is 1130. The molecule has 2 saturated heterocycles. The molecule has 4 fully saturated rings. The van der Waals surface area contributed by atoms with Crippen LogP contribution < -0.4 is 0 Å². The topological polar surface area (TPSA) is 166 Å². The summed E-state index contributed by atoms with van der Waals surface area (Å²) < 4.78 is 22.9. The highest BCUT2D eigenvalue weighted by atomic mass is 16.7. The molecule has 2 bridgehead atoms. The van der Waals surface area contributed by atoms with Gasteiger partial charge >= 0.3 is 17.9 Å². The highest BCUT2D eigenvalue weighted by molar-refractivity contribution is 5.96. The highest BCUT2D eigenvalue weighted by Gasteiger charge is 2.83. The second-order valence-electron chi connectivity index (χ2n) is 12.2. The third-order valence-corrected chi connectivity index (χ3v) is 10.3. The van der Waals surface area contributed by atoms with Gasteiger partial charge in [0.2, 0.25) is 11.7 Å². The maximum Gasteiger partial charge on any atom is 0.351 e. The third-order valence-electron chi connectivity index (χ3n) is 10.3. The fourth-order valence-electron chi connectivity index (χ4n) is 8.55. The van der Waals surface area contributed by atoms with Crippen LogP contribution in [0.15, 0.2) is 11.6 Å². The Hall–Kier alpha value is -2.34. The lowest BCUT2D eigenvalue weighted by Crippen LogP contribution is -2.78. The molecule has 0 aromatic rings. The number of carbonyl (C=O) groups excluding carboxylic acids is 4. The molecule has 2 saturated carbocycles. The first kappa shape index (κ1) is 27.2. The summed E-state index contributed by atoms with van der Waals surface area (Å²) in [6.07, 6.45) is -3.63. The van der Waals surface area contributed by atoms with Crippen LogP contribution in [0.2, 0.25) is 0 Å². The first-order valence-electron chi connectivity index (χ1n) is 13.1. The summed E-state index contributed by atoms with van der Waals surface area (Å²) >= 11 is 0. The lowest BCUT2D eigenvalue weighted by molar-refractivity contribution is -0.340. The van der Waals surface area contributed by atoms with Gasteiger partial charge in [-0.05, 0) is 44.6 Å². The van der Waals surface area contributed by atoms with Gasteiger partial charge in [0.1, 0.15) is 18.3 Å². The van der Waals surface area contributed by atoms with Gasteiger partial charge in [0.25, 0.3) is 0 Å². The number of hydrogen-bond acceptors (Lipinski definition) is 11. The van der Waals surface area contributed by atoms with Crippen LogP contribution >= 0.6 is 0 Å². The maximum absolute atomic E-state index is 13.5. The van der Waals surface area contributed by atoms with Crippen molar-refractivity contribution < 1.29 is 53.4 Å². The molecule has 2 heterocycles. The number of carbonyl (C=O) groups is 4. The number of ether oxygens (including phenoxy) is 4. The van der Waals surface area contributed by atoms with Crippen LogP contribution in [0.1, 0.15) is 54.4 Å². The Morgan fingerprint density at radius 3 is 2.53 bits per heavy atom. The monoisotopic (exact) mass is 536 g/mol. The average Bonchev–Trinajstić information content (AvgIpc) is 3.13. The van der Waals surface area contributed by atoms with E-state index in [9.17, 15) is 34.5 Å². The first-order chi connectivity index (χ1) is 17.6. The lowest BCUT2D eigenvalue weighted by Gasteiger charge is -2.68. The van der Waals surface area contributed by atoms with E-state index < -0.39 is 94.0 Å². The van der Waals surface area contributed by atoms with E-state index in [1.165, 1.54) is 13.0 Å². The number of allylic oxidation sites excluding steroid dienone is 1. The molecular formula is C27H36O11. The Morgan fingerprint density at radius 2 is 1.92 bits per heavy atom. The van der Waals surface area contributed by atoms with Crippen molar-refractivity contribution in [1.29, 1.82) is 0 Å². The second kappa shape index (κ2) is 8.33. The Kier molecular flexibility index (Phi) is 5.97. The van der Waals surface area contributed by atoms with Gasteiger partial charge in [0, 0.05) is 29.6 Å². The molecule has 0 amide bonds. The van der Waals surface area contributed by atoms with E-state index in [2.05, 4.69) is 0 Å². The van der Waals surface area contributed by atoms with E-state index >= 15 is 0 Å². The second-order valence-corrected chi connectivity index (χ2v) is 12.2. The zero-order chi connectivity index (χ0) is 28.2. The molecule has 11 nitrogen and oxygen atoms in total. The third kappa shape index (κ3) is 3.16. The van der Waals surface area contributed by atoms with Gasteiger partial charge in [-0.3, -0.25) is 9.59 Å². The van der Waals surface area contributed by atoms with Gasteiger partial charge in [0.05, 0.1) is 6.61 Å². The Balaban J connectivity index is 1.64. The maximum atomic E-state index is 13.5. The number of fused-ring (bicyclic) bond motifs is 1. The van der Waals surface area contributed by atoms with Crippen LogP contribution in [0.5, 0.6) is 0 Å². The molecule has 0 aromatic heterocycles. The number of esters is 3. The van der Waals surface area contributed by atoms with E-state index in [0.29, 0.717) is 5.57 Å². The molecule has 12 atom stereocenters. The summed E-state index contributed by atoms with van der Waals surface area (Å²) in [6, 6.07) is 0. The van der Waals surface area contributed by atoms with E-state index in [0.717, 1.165) is 6.92 Å². The average molecular weight is 537 g/mol. The fraction of sp³-hybridized carbons (Fsp3) is 0.778. The number of ketones is 1. The minimum absolute atomic E-state index is 0.0783. The van der Waals surface area contributed by atoms with Crippen LogP contribution in [0.25, 0.3) is 0 Å². The highest BCUT2D eigenvalue weighted by Crippen LogP contribution is 2.73. The molecule has 0 radical (unpaired) electrons. The summed E-state index contributed by atoms with van der Waals surface area (Å²) in [7, 11) is 0.